The van der Waals surface area contributed by atoms with E-state index in [-0.39, 0.29) is 29.0 Å². The van der Waals surface area contributed by atoms with Crippen molar-refractivity contribution in [2.75, 3.05) is 7.11 Å². The first kappa shape index (κ1) is 14.1. The standard InChI is InChI=1S/C12H22O3/c1-8(9(2)11(14)15-6)7-10(13)12(3,4)5/h8-9H,7H2,1-6H3/t8-,9+/m1/s1. The number of esters is 1. The van der Waals surface area contributed by atoms with Gasteiger partial charge in [-0.1, -0.05) is 34.6 Å². The minimum absolute atomic E-state index is 0.0316. The van der Waals surface area contributed by atoms with Gasteiger partial charge >= 0.3 is 5.97 Å². The Kier molecular flexibility index (Phi) is 4.98. The lowest BCUT2D eigenvalue weighted by Crippen LogP contribution is -2.27. The number of Topliss-reactive ketones (excluding diaryl/α,β-unsaturated/α-hetero) is 1. The maximum Gasteiger partial charge on any atom is 0.308 e. The summed E-state index contributed by atoms with van der Waals surface area (Å²) in [6, 6.07) is 0. The van der Waals surface area contributed by atoms with Crippen LogP contribution in [0.15, 0.2) is 0 Å². The van der Waals surface area contributed by atoms with E-state index in [0.29, 0.717) is 6.42 Å². The predicted molar refractivity (Wildman–Crippen MR) is 59.4 cm³/mol. The van der Waals surface area contributed by atoms with Gasteiger partial charge in [0.25, 0.3) is 0 Å². The Labute approximate surface area is 92.2 Å². The van der Waals surface area contributed by atoms with Gasteiger partial charge in [-0.2, -0.15) is 0 Å². The highest BCUT2D eigenvalue weighted by Gasteiger charge is 2.28. The van der Waals surface area contributed by atoms with Gasteiger partial charge in [-0.25, -0.2) is 0 Å². The number of carbonyl (C=O) groups is 2. The maximum absolute atomic E-state index is 11.7. The van der Waals surface area contributed by atoms with Crippen LogP contribution < -0.4 is 0 Å². The van der Waals surface area contributed by atoms with Crippen molar-refractivity contribution in [3.63, 3.8) is 0 Å². The van der Waals surface area contributed by atoms with Crippen molar-refractivity contribution in [2.45, 2.75) is 41.0 Å². The lowest BCUT2D eigenvalue weighted by atomic mass is 9.82. The Morgan fingerprint density at radius 1 is 1.20 bits per heavy atom. The van der Waals surface area contributed by atoms with Crippen LogP contribution in [0.4, 0.5) is 0 Å². The van der Waals surface area contributed by atoms with Crippen molar-refractivity contribution >= 4 is 11.8 Å². The Morgan fingerprint density at radius 2 is 1.67 bits per heavy atom. The van der Waals surface area contributed by atoms with Gasteiger partial charge in [0, 0.05) is 11.8 Å². The Hall–Kier alpha value is -0.860. The van der Waals surface area contributed by atoms with Gasteiger partial charge in [-0.15, -0.1) is 0 Å². The van der Waals surface area contributed by atoms with E-state index in [1.54, 1.807) is 6.92 Å². The molecule has 0 fully saturated rings. The van der Waals surface area contributed by atoms with Crippen LogP contribution in [0.1, 0.15) is 41.0 Å². The SMILES string of the molecule is COC(=O)[C@@H](C)[C@H](C)CC(=O)C(C)(C)C. The van der Waals surface area contributed by atoms with Crippen LogP contribution in [-0.4, -0.2) is 18.9 Å². The van der Waals surface area contributed by atoms with E-state index in [1.165, 1.54) is 7.11 Å². The summed E-state index contributed by atoms with van der Waals surface area (Å²) >= 11 is 0. The summed E-state index contributed by atoms with van der Waals surface area (Å²) in [6.07, 6.45) is 0.430. The zero-order valence-electron chi connectivity index (χ0n) is 10.6. The molecule has 0 unspecified atom stereocenters. The first-order valence-electron chi connectivity index (χ1n) is 5.31. The molecule has 0 aliphatic heterocycles. The highest BCUT2D eigenvalue weighted by atomic mass is 16.5. The molecule has 0 aromatic carbocycles. The van der Waals surface area contributed by atoms with E-state index in [2.05, 4.69) is 4.74 Å². The summed E-state index contributed by atoms with van der Waals surface area (Å²) < 4.78 is 4.65. The van der Waals surface area contributed by atoms with Crippen LogP contribution in [0.5, 0.6) is 0 Å². The highest BCUT2D eigenvalue weighted by molar-refractivity contribution is 5.84. The molecule has 0 aromatic heterocycles. The summed E-state index contributed by atoms with van der Waals surface area (Å²) in [4.78, 5) is 23.0. The van der Waals surface area contributed by atoms with E-state index in [9.17, 15) is 9.59 Å². The van der Waals surface area contributed by atoms with Crippen LogP contribution in [0.3, 0.4) is 0 Å². The molecule has 0 heterocycles. The van der Waals surface area contributed by atoms with Crippen LogP contribution in [-0.2, 0) is 14.3 Å². The third-order valence-corrected chi connectivity index (χ3v) is 2.77. The molecular formula is C12H22O3. The van der Waals surface area contributed by atoms with E-state index in [1.807, 2.05) is 27.7 Å². The number of rotatable bonds is 4. The van der Waals surface area contributed by atoms with Crippen molar-refractivity contribution in [1.29, 1.82) is 0 Å². The molecule has 2 atom stereocenters. The van der Waals surface area contributed by atoms with E-state index >= 15 is 0 Å². The molecule has 0 radical (unpaired) electrons. The molecule has 0 saturated heterocycles. The predicted octanol–water partition coefficient (Wildman–Crippen LogP) is 2.44. The normalized spacial score (nSPS) is 15.6. The minimum Gasteiger partial charge on any atom is -0.469 e. The number of ether oxygens (including phenoxy) is 1. The molecule has 3 heteroatoms. The van der Waals surface area contributed by atoms with Crippen LogP contribution in [0.2, 0.25) is 0 Å². The van der Waals surface area contributed by atoms with Gasteiger partial charge in [0.05, 0.1) is 13.0 Å². The molecule has 0 aliphatic carbocycles. The molecule has 88 valence electrons. The molecule has 0 aromatic rings. The smallest absolute Gasteiger partial charge is 0.308 e. The highest BCUT2D eigenvalue weighted by Crippen LogP contribution is 2.24. The fraction of sp³-hybridized carbons (Fsp3) is 0.833. The summed E-state index contributed by atoms with van der Waals surface area (Å²) in [7, 11) is 1.37. The molecule has 0 saturated carbocycles. The lowest BCUT2D eigenvalue weighted by Gasteiger charge is -2.22. The van der Waals surface area contributed by atoms with Crippen molar-refractivity contribution in [2.24, 2.45) is 17.3 Å². The molecular weight excluding hydrogens is 192 g/mol. The topological polar surface area (TPSA) is 43.4 Å². The average Bonchev–Trinajstić information content (AvgIpc) is 2.13. The fourth-order valence-corrected chi connectivity index (χ4v) is 1.19. The Bertz CT molecular complexity index is 238. The summed E-state index contributed by atoms with van der Waals surface area (Å²) in [5, 5.41) is 0. The zero-order valence-corrected chi connectivity index (χ0v) is 10.6. The molecule has 0 aliphatic rings. The van der Waals surface area contributed by atoms with Gasteiger partial charge in [-0.3, -0.25) is 9.59 Å². The number of carbonyl (C=O) groups excluding carboxylic acids is 2. The minimum atomic E-state index is -0.329. The maximum atomic E-state index is 11.7. The number of hydrogen-bond donors (Lipinski definition) is 0. The number of hydrogen-bond acceptors (Lipinski definition) is 3. The quantitative estimate of drug-likeness (QED) is 0.675. The monoisotopic (exact) mass is 214 g/mol. The van der Waals surface area contributed by atoms with Crippen LogP contribution in [0, 0.1) is 17.3 Å². The molecule has 0 amide bonds. The Balaban J connectivity index is 4.31. The lowest BCUT2D eigenvalue weighted by molar-refractivity contribution is -0.146. The molecule has 3 nitrogen and oxygen atoms in total. The summed E-state index contributed by atoms with van der Waals surface area (Å²) in [5.41, 5.74) is -0.329. The second-order valence-electron chi connectivity index (χ2n) is 5.17. The molecule has 15 heavy (non-hydrogen) atoms. The van der Waals surface area contributed by atoms with Gasteiger partial charge in [0.2, 0.25) is 0 Å². The number of ketones is 1. The van der Waals surface area contributed by atoms with Crippen molar-refractivity contribution in [1.82, 2.24) is 0 Å². The summed E-state index contributed by atoms with van der Waals surface area (Å²) in [5.74, 6) is -0.250. The number of methoxy groups -OCH3 is 1. The first-order chi connectivity index (χ1) is 6.70. The van der Waals surface area contributed by atoms with Gasteiger partial charge in [-0.05, 0) is 5.92 Å². The van der Waals surface area contributed by atoms with Gasteiger partial charge in [0.1, 0.15) is 5.78 Å². The van der Waals surface area contributed by atoms with Crippen molar-refractivity contribution in [3.05, 3.63) is 0 Å². The second kappa shape index (κ2) is 5.29. The van der Waals surface area contributed by atoms with E-state index < -0.39 is 0 Å². The van der Waals surface area contributed by atoms with Crippen LogP contribution >= 0.6 is 0 Å². The van der Waals surface area contributed by atoms with E-state index in [4.69, 9.17) is 0 Å². The van der Waals surface area contributed by atoms with E-state index in [0.717, 1.165) is 0 Å². The van der Waals surface area contributed by atoms with Crippen molar-refractivity contribution < 1.29 is 14.3 Å². The summed E-state index contributed by atoms with van der Waals surface area (Å²) in [6.45, 7) is 9.39. The largest absolute Gasteiger partial charge is 0.469 e. The Morgan fingerprint density at radius 3 is 2.00 bits per heavy atom. The zero-order chi connectivity index (χ0) is 12.2. The van der Waals surface area contributed by atoms with Crippen molar-refractivity contribution in [3.8, 4) is 0 Å². The second-order valence-corrected chi connectivity index (χ2v) is 5.17. The third kappa shape index (κ3) is 4.45. The molecule has 0 spiro atoms. The molecule has 0 rings (SSSR count). The fourth-order valence-electron chi connectivity index (χ4n) is 1.19. The molecule has 0 N–H and O–H groups in total. The van der Waals surface area contributed by atoms with Gasteiger partial charge < -0.3 is 4.74 Å². The third-order valence-electron chi connectivity index (χ3n) is 2.77. The van der Waals surface area contributed by atoms with Gasteiger partial charge in [0.15, 0.2) is 0 Å². The average molecular weight is 214 g/mol. The first-order valence-corrected chi connectivity index (χ1v) is 5.31. The molecule has 0 bridgehead atoms. The van der Waals surface area contributed by atoms with Crippen LogP contribution in [0.25, 0.3) is 0 Å².